The number of nitrogens with zero attached hydrogens (tertiary/aromatic N) is 1. The first-order valence-corrected chi connectivity index (χ1v) is 5.96. The maximum atomic E-state index is 12.0. The van der Waals surface area contributed by atoms with Crippen molar-refractivity contribution >= 4 is 22.6 Å². The lowest BCUT2D eigenvalue weighted by molar-refractivity contribution is 0.0379. The van der Waals surface area contributed by atoms with Crippen LogP contribution in [0.15, 0.2) is 24.4 Å². The number of anilines is 1. The lowest BCUT2D eigenvalue weighted by Gasteiger charge is -2.13. The summed E-state index contributed by atoms with van der Waals surface area (Å²) in [6, 6.07) is 5.12. The Hall–Kier alpha value is -2.30. The van der Waals surface area contributed by atoms with E-state index in [4.69, 9.17) is 15.2 Å². The average molecular weight is 260 g/mol. The van der Waals surface area contributed by atoms with Gasteiger partial charge in [0, 0.05) is 11.6 Å². The first kappa shape index (κ1) is 13.1. The zero-order chi connectivity index (χ0) is 14.0. The molecule has 5 heteroatoms. The Morgan fingerprint density at radius 1 is 1.42 bits per heavy atom. The molecular weight excluding hydrogens is 244 g/mol. The van der Waals surface area contributed by atoms with Crippen LogP contribution >= 0.6 is 0 Å². The van der Waals surface area contributed by atoms with Crippen molar-refractivity contribution in [3.63, 3.8) is 0 Å². The average Bonchev–Trinajstić information content (AvgIpc) is 2.38. The van der Waals surface area contributed by atoms with Crippen molar-refractivity contribution in [3.05, 3.63) is 30.0 Å². The van der Waals surface area contributed by atoms with Crippen molar-refractivity contribution in [2.75, 3.05) is 12.8 Å². The molecule has 0 fully saturated rings. The van der Waals surface area contributed by atoms with E-state index in [1.807, 2.05) is 0 Å². The van der Waals surface area contributed by atoms with Gasteiger partial charge in [-0.15, -0.1) is 0 Å². The van der Waals surface area contributed by atoms with Gasteiger partial charge in [0.2, 0.25) is 0 Å². The van der Waals surface area contributed by atoms with Crippen LogP contribution in [0.4, 0.5) is 5.69 Å². The van der Waals surface area contributed by atoms with Gasteiger partial charge < -0.3 is 15.2 Å². The molecule has 100 valence electrons. The predicted octanol–water partition coefficient (Wildman–Crippen LogP) is 2.39. The summed E-state index contributed by atoms with van der Waals surface area (Å²) >= 11 is 0. The fourth-order valence-corrected chi connectivity index (χ4v) is 1.84. The number of rotatable bonds is 3. The number of pyridine rings is 1. The summed E-state index contributed by atoms with van der Waals surface area (Å²) in [6.07, 6.45) is 1.44. The molecule has 0 saturated carbocycles. The number of hydrogen-bond acceptors (Lipinski definition) is 5. The monoisotopic (exact) mass is 260 g/mol. The molecule has 0 aliphatic heterocycles. The second kappa shape index (κ2) is 5.14. The van der Waals surface area contributed by atoms with Crippen molar-refractivity contribution in [3.8, 4) is 5.75 Å². The number of fused-ring (bicyclic) bond motifs is 1. The minimum Gasteiger partial charge on any atom is -0.494 e. The molecule has 0 saturated heterocycles. The number of carbonyl (C=O) groups excluding carboxylic acids is 1. The maximum absolute atomic E-state index is 12.0. The highest BCUT2D eigenvalue weighted by atomic mass is 16.5. The van der Waals surface area contributed by atoms with Gasteiger partial charge in [-0.2, -0.15) is 0 Å². The first-order valence-electron chi connectivity index (χ1n) is 5.96. The SMILES string of the molecule is COc1cc(C(=O)OC(C)C)c(N)c2cccnc12. The number of aromatic nitrogens is 1. The normalized spacial score (nSPS) is 10.7. The third-order valence-electron chi connectivity index (χ3n) is 2.68. The van der Waals surface area contributed by atoms with E-state index in [-0.39, 0.29) is 6.10 Å². The van der Waals surface area contributed by atoms with E-state index in [2.05, 4.69) is 4.98 Å². The van der Waals surface area contributed by atoms with E-state index in [0.29, 0.717) is 27.9 Å². The predicted molar refractivity (Wildman–Crippen MR) is 73.3 cm³/mol. The summed E-state index contributed by atoms with van der Waals surface area (Å²) in [6.45, 7) is 3.57. The minimum atomic E-state index is -0.462. The van der Waals surface area contributed by atoms with Crippen LogP contribution in [0.2, 0.25) is 0 Å². The highest BCUT2D eigenvalue weighted by Crippen LogP contribution is 2.32. The molecule has 2 N–H and O–H groups in total. The zero-order valence-electron chi connectivity index (χ0n) is 11.1. The molecule has 19 heavy (non-hydrogen) atoms. The molecule has 0 spiro atoms. The number of carbonyl (C=O) groups is 1. The molecule has 2 aromatic rings. The number of nitrogens with two attached hydrogens (primary N) is 1. The van der Waals surface area contributed by atoms with E-state index in [1.54, 1.807) is 38.2 Å². The Morgan fingerprint density at radius 2 is 2.16 bits per heavy atom. The Bertz CT molecular complexity index is 623. The molecule has 0 bridgehead atoms. The molecule has 1 heterocycles. The van der Waals surface area contributed by atoms with Gasteiger partial charge >= 0.3 is 5.97 Å². The van der Waals surface area contributed by atoms with Gasteiger partial charge in [-0.1, -0.05) is 0 Å². The van der Waals surface area contributed by atoms with E-state index in [9.17, 15) is 4.79 Å². The van der Waals surface area contributed by atoms with Crippen LogP contribution in [0.1, 0.15) is 24.2 Å². The van der Waals surface area contributed by atoms with Crippen LogP contribution in [-0.4, -0.2) is 24.2 Å². The van der Waals surface area contributed by atoms with E-state index in [0.717, 1.165) is 0 Å². The molecule has 0 aliphatic rings. The maximum Gasteiger partial charge on any atom is 0.340 e. The second-order valence-corrected chi connectivity index (χ2v) is 4.39. The Morgan fingerprint density at radius 3 is 2.79 bits per heavy atom. The molecule has 0 unspecified atom stereocenters. The largest absolute Gasteiger partial charge is 0.494 e. The fourth-order valence-electron chi connectivity index (χ4n) is 1.84. The van der Waals surface area contributed by atoms with Crippen LogP contribution in [0.3, 0.4) is 0 Å². The first-order chi connectivity index (χ1) is 9.04. The summed E-state index contributed by atoms with van der Waals surface area (Å²) in [5, 5.41) is 0.678. The van der Waals surface area contributed by atoms with Gasteiger partial charge in [-0.25, -0.2) is 4.79 Å². The van der Waals surface area contributed by atoms with Crippen molar-refractivity contribution in [2.45, 2.75) is 20.0 Å². The van der Waals surface area contributed by atoms with Crippen LogP contribution in [0.25, 0.3) is 10.9 Å². The number of hydrogen-bond donors (Lipinski definition) is 1. The van der Waals surface area contributed by atoms with Gasteiger partial charge in [0.25, 0.3) is 0 Å². The number of methoxy groups -OCH3 is 1. The van der Waals surface area contributed by atoms with Gasteiger partial charge in [-0.3, -0.25) is 4.98 Å². The highest BCUT2D eigenvalue weighted by Gasteiger charge is 2.18. The molecule has 2 rings (SSSR count). The van der Waals surface area contributed by atoms with Crippen LogP contribution in [-0.2, 0) is 4.74 Å². The van der Waals surface area contributed by atoms with Gasteiger partial charge in [0.1, 0.15) is 11.3 Å². The molecule has 0 aliphatic carbocycles. The summed E-state index contributed by atoms with van der Waals surface area (Å²) in [4.78, 5) is 16.2. The highest BCUT2D eigenvalue weighted by molar-refractivity contribution is 6.06. The Kier molecular flexibility index (Phi) is 3.55. The molecule has 0 radical (unpaired) electrons. The van der Waals surface area contributed by atoms with Crippen molar-refractivity contribution in [2.24, 2.45) is 0 Å². The number of ether oxygens (including phenoxy) is 2. The van der Waals surface area contributed by atoms with Crippen LogP contribution in [0.5, 0.6) is 5.75 Å². The third kappa shape index (κ3) is 2.45. The van der Waals surface area contributed by atoms with Gasteiger partial charge in [-0.05, 0) is 32.0 Å². The topological polar surface area (TPSA) is 74.4 Å². The van der Waals surface area contributed by atoms with Crippen molar-refractivity contribution < 1.29 is 14.3 Å². The van der Waals surface area contributed by atoms with Gasteiger partial charge in [0.05, 0.1) is 24.5 Å². The molecule has 5 nitrogen and oxygen atoms in total. The third-order valence-corrected chi connectivity index (χ3v) is 2.68. The van der Waals surface area contributed by atoms with Crippen molar-refractivity contribution in [1.82, 2.24) is 4.98 Å². The molecular formula is C14H16N2O3. The Labute approximate surface area is 111 Å². The van der Waals surface area contributed by atoms with Gasteiger partial charge in [0.15, 0.2) is 0 Å². The standard InChI is InChI=1S/C14H16N2O3/c1-8(2)19-14(17)10-7-11(18-3)13-9(12(10)15)5-4-6-16-13/h4-8H,15H2,1-3H3. The summed E-state index contributed by atoms with van der Waals surface area (Å²) < 4.78 is 10.4. The molecule has 1 aromatic heterocycles. The molecule has 0 amide bonds. The quantitative estimate of drug-likeness (QED) is 0.677. The summed E-state index contributed by atoms with van der Waals surface area (Å²) in [5.74, 6) is 0.0389. The van der Waals surface area contributed by atoms with E-state index < -0.39 is 5.97 Å². The van der Waals surface area contributed by atoms with E-state index >= 15 is 0 Å². The number of esters is 1. The molecule has 0 atom stereocenters. The van der Waals surface area contributed by atoms with Crippen LogP contribution < -0.4 is 10.5 Å². The minimum absolute atomic E-state index is 0.206. The van der Waals surface area contributed by atoms with Crippen LogP contribution in [0, 0.1) is 0 Å². The lowest BCUT2D eigenvalue weighted by atomic mass is 10.1. The fraction of sp³-hybridized carbons (Fsp3) is 0.286. The lowest BCUT2D eigenvalue weighted by Crippen LogP contribution is -2.14. The number of nitrogen functional groups attached to an aromatic ring is 1. The Balaban J connectivity index is 2.62. The summed E-state index contributed by atoms with van der Waals surface area (Å²) in [7, 11) is 1.53. The number of benzene rings is 1. The van der Waals surface area contributed by atoms with E-state index in [1.165, 1.54) is 7.11 Å². The second-order valence-electron chi connectivity index (χ2n) is 4.39. The zero-order valence-corrected chi connectivity index (χ0v) is 11.1. The molecule has 1 aromatic carbocycles. The smallest absolute Gasteiger partial charge is 0.340 e. The van der Waals surface area contributed by atoms with Crippen molar-refractivity contribution in [1.29, 1.82) is 0 Å². The summed E-state index contributed by atoms with van der Waals surface area (Å²) in [5.41, 5.74) is 7.30.